The van der Waals surface area contributed by atoms with Crippen LogP contribution in [0.5, 0.6) is 11.5 Å². The van der Waals surface area contributed by atoms with Gasteiger partial charge in [0.05, 0.1) is 23.9 Å². The van der Waals surface area contributed by atoms with Crippen molar-refractivity contribution in [2.75, 3.05) is 18.0 Å². The second kappa shape index (κ2) is 10.6. The molecule has 0 saturated heterocycles. The van der Waals surface area contributed by atoms with Gasteiger partial charge < -0.3 is 9.84 Å². The number of carbonyl (C=O) groups is 1. The molecule has 172 valence electrons. The highest BCUT2D eigenvalue weighted by atomic mass is 35.5. The molecule has 3 aromatic carbocycles. The fourth-order valence-corrected chi connectivity index (χ4v) is 4.55. The van der Waals surface area contributed by atoms with Crippen LogP contribution in [0.25, 0.3) is 0 Å². The first-order valence-corrected chi connectivity index (χ1v) is 11.6. The predicted molar refractivity (Wildman–Crippen MR) is 128 cm³/mol. The molecule has 0 heterocycles. The maximum atomic E-state index is 13.3. The molecule has 2 N–H and O–H groups in total. The molecule has 0 radical (unpaired) electrons. The lowest BCUT2D eigenvalue weighted by molar-refractivity contribution is -0.119. The van der Waals surface area contributed by atoms with Crippen molar-refractivity contribution in [1.82, 2.24) is 5.43 Å². The molecule has 0 aliphatic heterocycles. The summed E-state index contributed by atoms with van der Waals surface area (Å²) in [7, 11) is -2.72. The number of nitrogens with zero attached hydrogens (tertiary/aromatic N) is 2. The molecule has 0 aliphatic carbocycles. The average molecular weight is 508 g/mol. The third kappa shape index (κ3) is 5.95. The van der Waals surface area contributed by atoms with Crippen LogP contribution < -0.4 is 14.5 Å². The number of anilines is 1. The third-order valence-electron chi connectivity index (χ3n) is 4.43. The molecule has 1 amide bonds. The molecule has 0 saturated carbocycles. The van der Waals surface area contributed by atoms with Gasteiger partial charge >= 0.3 is 0 Å². The number of hydrogen-bond donors (Lipinski definition) is 2. The number of aromatic hydroxyl groups is 1. The Morgan fingerprint density at radius 3 is 2.45 bits per heavy atom. The molecule has 0 spiro atoms. The first-order chi connectivity index (χ1) is 15.7. The third-order valence-corrected chi connectivity index (χ3v) is 6.70. The molecule has 3 aromatic rings. The van der Waals surface area contributed by atoms with Crippen LogP contribution in [0.4, 0.5) is 5.69 Å². The van der Waals surface area contributed by atoms with Crippen molar-refractivity contribution in [3.63, 3.8) is 0 Å². The first-order valence-electron chi connectivity index (χ1n) is 9.44. The smallest absolute Gasteiger partial charge is 0.264 e. The van der Waals surface area contributed by atoms with Crippen LogP contribution in [0.1, 0.15) is 5.56 Å². The number of hydrogen-bond acceptors (Lipinski definition) is 6. The van der Waals surface area contributed by atoms with Gasteiger partial charge in [0, 0.05) is 15.6 Å². The zero-order chi connectivity index (χ0) is 24.0. The van der Waals surface area contributed by atoms with E-state index in [1.165, 1.54) is 49.7 Å². The Kier molecular flexibility index (Phi) is 7.80. The number of rotatable bonds is 8. The zero-order valence-corrected chi connectivity index (χ0v) is 19.6. The summed E-state index contributed by atoms with van der Waals surface area (Å²) in [6, 6.07) is 16.4. The van der Waals surface area contributed by atoms with Gasteiger partial charge in [0.1, 0.15) is 6.54 Å². The van der Waals surface area contributed by atoms with Crippen molar-refractivity contribution in [2.24, 2.45) is 5.10 Å². The molecule has 8 nitrogen and oxygen atoms in total. The number of carbonyl (C=O) groups excluding carboxylic acids is 1. The maximum absolute atomic E-state index is 13.3. The van der Waals surface area contributed by atoms with Crippen molar-refractivity contribution < 1.29 is 23.1 Å². The van der Waals surface area contributed by atoms with Gasteiger partial charge in [0.15, 0.2) is 11.5 Å². The maximum Gasteiger partial charge on any atom is 0.264 e. The number of hydrazone groups is 1. The summed E-state index contributed by atoms with van der Waals surface area (Å²) in [5.74, 6) is -0.624. The minimum Gasteiger partial charge on any atom is -0.504 e. The van der Waals surface area contributed by atoms with Crippen LogP contribution in [0.2, 0.25) is 10.0 Å². The summed E-state index contributed by atoms with van der Waals surface area (Å²) in [4.78, 5) is 12.5. The molecular formula is C22H19Cl2N3O5S. The minimum absolute atomic E-state index is 0.0514. The summed E-state index contributed by atoms with van der Waals surface area (Å²) in [5.41, 5.74) is 2.76. The van der Waals surface area contributed by atoms with Gasteiger partial charge in [-0.05, 0) is 54.6 Å². The van der Waals surface area contributed by atoms with Crippen LogP contribution in [0, 0.1) is 0 Å². The summed E-state index contributed by atoms with van der Waals surface area (Å²) in [6.45, 7) is -0.577. The van der Waals surface area contributed by atoms with Gasteiger partial charge in [0.2, 0.25) is 0 Å². The Morgan fingerprint density at radius 2 is 1.79 bits per heavy atom. The largest absolute Gasteiger partial charge is 0.504 e. The van der Waals surface area contributed by atoms with E-state index in [9.17, 15) is 18.3 Å². The molecular weight excluding hydrogens is 489 g/mol. The molecule has 0 atom stereocenters. The van der Waals surface area contributed by atoms with E-state index in [-0.39, 0.29) is 22.1 Å². The topological polar surface area (TPSA) is 108 Å². The number of nitrogens with one attached hydrogen (secondary N) is 1. The fourth-order valence-electron chi connectivity index (χ4n) is 2.83. The van der Waals surface area contributed by atoms with Gasteiger partial charge in [0.25, 0.3) is 15.9 Å². The Bertz CT molecular complexity index is 1280. The van der Waals surface area contributed by atoms with Crippen molar-refractivity contribution >= 4 is 51.0 Å². The number of para-hydroxylation sites is 1. The number of sulfonamides is 1. The van der Waals surface area contributed by atoms with Crippen LogP contribution >= 0.6 is 23.2 Å². The Labute approximate surface area is 201 Å². The average Bonchev–Trinajstić information content (AvgIpc) is 2.79. The van der Waals surface area contributed by atoms with Gasteiger partial charge in [-0.25, -0.2) is 13.8 Å². The number of halogens is 2. The summed E-state index contributed by atoms with van der Waals surface area (Å²) < 4.78 is 32.5. The lowest BCUT2D eigenvalue weighted by Crippen LogP contribution is -2.39. The van der Waals surface area contributed by atoms with E-state index in [2.05, 4.69) is 10.5 Å². The van der Waals surface area contributed by atoms with Crippen LogP contribution in [0.15, 0.2) is 76.7 Å². The normalized spacial score (nSPS) is 11.4. The first kappa shape index (κ1) is 24.4. The Morgan fingerprint density at radius 1 is 1.09 bits per heavy atom. The SMILES string of the molecule is COc1cccc(/C=N\NC(=O)CN(c2cccc(Cl)c2)S(=O)(=O)c2ccc(Cl)cc2)c1O. The molecule has 0 aromatic heterocycles. The molecule has 33 heavy (non-hydrogen) atoms. The predicted octanol–water partition coefficient (Wildman–Crippen LogP) is 4.05. The van der Waals surface area contributed by atoms with Crippen molar-refractivity contribution in [3.05, 3.63) is 82.3 Å². The Hall–Kier alpha value is -3.27. The Balaban J connectivity index is 1.85. The van der Waals surface area contributed by atoms with E-state index in [1.807, 2.05) is 0 Å². The number of methoxy groups -OCH3 is 1. The van der Waals surface area contributed by atoms with Gasteiger partial charge in [-0.1, -0.05) is 35.3 Å². The highest BCUT2D eigenvalue weighted by molar-refractivity contribution is 7.92. The number of phenols is 1. The van der Waals surface area contributed by atoms with Crippen LogP contribution in [-0.4, -0.2) is 39.3 Å². The van der Waals surface area contributed by atoms with E-state index in [1.54, 1.807) is 30.3 Å². The number of amides is 1. The standard InChI is InChI=1S/C22H19Cl2N3O5S/c1-32-20-7-2-4-15(22(20)29)13-25-26-21(28)14-27(18-6-3-5-17(24)12-18)33(30,31)19-10-8-16(23)9-11-19/h2-13,29H,14H2,1H3,(H,26,28)/b25-13-. The van der Waals surface area contributed by atoms with Crippen LogP contribution in [-0.2, 0) is 14.8 Å². The molecule has 0 aliphatic rings. The van der Waals surface area contributed by atoms with Crippen molar-refractivity contribution in [2.45, 2.75) is 4.90 Å². The molecule has 0 bridgehead atoms. The van der Waals surface area contributed by atoms with Gasteiger partial charge in [-0.15, -0.1) is 0 Å². The van der Waals surface area contributed by atoms with Crippen molar-refractivity contribution in [1.29, 1.82) is 0 Å². The van der Waals surface area contributed by atoms with E-state index in [4.69, 9.17) is 27.9 Å². The summed E-state index contributed by atoms with van der Waals surface area (Å²) >= 11 is 11.9. The van der Waals surface area contributed by atoms with E-state index in [0.29, 0.717) is 15.6 Å². The van der Waals surface area contributed by atoms with E-state index in [0.717, 1.165) is 4.31 Å². The quantitative estimate of drug-likeness (QED) is 0.353. The van der Waals surface area contributed by atoms with Gasteiger partial charge in [-0.2, -0.15) is 5.10 Å². The van der Waals surface area contributed by atoms with Crippen molar-refractivity contribution in [3.8, 4) is 11.5 Å². The molecule has 0 unspecified atom stereocenters. The number of benzene rings is 3. The second-order valence-electron chi connectivity index (χ2n) is 6.64. The van der Waals surface area contributed by atoms with Gasteiger partial charge in [-0.3, -0.25) is 9.10 Å². The highest BCUT2D eigenvalue weighted by Crippen LogP contribution is 2.28. The van der Waals surface area contributed by atoms with E-state index >= 15 is 0 Å². The van der Waals surface area contributed by atoms with E-state index < -0.39 is 22.5 Å². The lowest BCUT2D eigenvalue weighted by Gasteiger charge is -2.23. The molecule has 11 heteroatoms. The summed E-state index contributed by atoms with van der Waals surface area (Å²) in [6.07, 6.45) is 1.22. The minimum atomic E-state index is -4.13. The number of phenolic OH excluding ortho intramolecular Hbond substituents is 1. The summed E-state index contributed by atoms with van der Waals surface area (Å²) in [5, 5.41) is 14.6. The lowest BCUT2D eigenvalue weighted by atomic mass is 10.2. The molecule has 3 rings (SSSR count). The fraction of sp³-hybridized carbons (Fsp3) is 0.0909. The highest BCUT2D eigenvalue weighted by Gasteiger charge is 2.27. The van der Waals surface area contributed by atoms with Crippen LogP contribution in [0.3, 0.4) is 0 Å². The number of ether oxygens (including phenoxy) is 1. The molecule has 0 fully saturated rings. The monoisotopic (exact) mass is 507 g/mol. The zero-order valence-electron chi connectivity index (χ0n) is 17.3. The second-order valence-corrected chi connectivity index (χ2v) is 9.37.